The van der Waals surface area contributed by atoms with E-state index in [1.165, 1.54) is 46.3 Å². The fourth-order valence-electron chi connectivity index (χ4n) is 4.46. The van der Waals surface area contributed by atoms with Crippen molar-refractivity contribution in [3.8, 4) is 11.4 Å². The van der Waals surface area contributed by atoms with Gasteiger partial charge in [0.2, 0.25) is 5.91 Å². The standard InChI is InChI=1S/C31H26F4N6O3S/c1-3-4-21-8-5-19(2)15-26(21)41-28(42)17-45-30(41)38-29(43)37-25-13-6-20(16-24(25)32)7-14-27-36-18-40(39-27)22-9-11-23(12-10-22)44-31(33,34)35/h5-16,18H,3-4,17H2,1-2H3,(H,37,43)/b14-7+,38-30?. The van der Waals surface area contributed by atoms with Gasteiger partial charge < -0.3 is 10.1 Å². The summed E-state index contributed by atoms with van der Waals surface area (Å²) >= 11 is 1.14. The van der Waals surface area contributed by atoms with Gasteiger partial charge in [-0.2, -0.15) is 4.99 Å². The van der Waals surface area contributed by atoms with Crippen molar-refractivity contribution in [2.24, 2.45) is 4.99 Å². The number of anilines is 2. The van der Waals surface area contributed by atoms with E-state index in [9.17, 15) is 27.2 Å². The maximum atomic E-state index is 14.9. The summed E-state index contributed by atoms with van der Waals surface area (Å²) in [5.74, 6) is -0.857. The highest BCUT2D eigenvalue weighted by molar-refractivity contribution is 8.15. The number of nitrogens with one attached hydrogen (secondary N) is 1. The van der Waals surface area contributed by atoms with E-state index in [0.29, 0.717) is 16.9 Å². The van der Waals surface area contributed by atoms with Crippen molar-refractivity contribution < 1.29 is 31.9 Å². The van der Waals surface area contributed by atoms with Gasteiger partial charge in [0.05, 0.1) is 22.8 Å². The molecule has 3 amide bonds. The van der Waals surface area contributed by atoms with E-state index in [0.717, 1.165) is 47.9 Å². The lowest BCUT2D eigenvalue weighted by atomic mass is 10.0. The normalized spacial score (nSPS) is 14.5. The Morgan fingerprint density at radius 2 is 1.89 bits per heavy atom. The minimum atomic E-state index is -4.79. The van der Waals surface area contributed by atoms with Crippen LogP contribution in [-0.4, -0.2) is 44.0 Å². The van der Waals surface area contributed by atoms with Gasteiger partial charge in [0.25, 0.3) is 0 Å². The monoisotopic (exact) mass is 638 g/mol. The maximum Gasteiger partial charge on any atom is 0.573 e. The third-order valence-electron chi connectivity index (χ3n) is 6.47. The molecule has 0 radical (unpaired) electrons. The Balaban J connectivity index is 1.25. The van der Waals surface area contributed by atoms with Gasteiger partial charge >= 0.3 is 12.4 Å². The van der Waals surface area contributed by atoms with Crippen LogP contribution in [0, 0.1) is 12.7 Å². The van der Waals surface area contributed by atoms with Gasteiger partial charge in [0.1, 0.15) is 17.9 Å². The second-order valence-corrected chi connectivity index (χ2v) is 10.8. The number of aromatic nitrogens is 3. The number of ether oxygens (including phenoxy) is 1. The van der Waals surface area contributed by atoms with Crippen LogP contribution >= 0.6 is 11.8 Å². The van der Waals surface area contributed by atoms with E-state index in [2.05, 4.69) is 25.1 Å². The Kier molecular flexibility index (Phi) is 9.32. The number of carbonyl (C=O) groups excluding carboxylic acids is 2. The molecule has 1 N–H and O–H groups in total. The largest absolute Gasteiger partial charge is 0.573 e. The predicted octanol–water partition coefficient (Wildman–Crippen LogP) is 7.40. The highest BCUT2D eigenvalue weighted by Crippen LogP contribution is 2.32. The Hall–Kier alpha value is -4.98. The quantitative estimate of drug-likeness (QED) is 0.202. The second kappa shape index (κ2) is 13.3. The fraction of sp³-hybridized carbons (Fsp3) is 0.194. The molecule has 1 aliphatic rings. The summed E-state index contributed by atoms with van der Waals surface area (Å²) in [4.78, 5) is 35.2. The smallest absolute Gasteiger partial charge is 0.406 e. The van der Waals surface area contributed by atoms with Crippen molar-refractivity contribution in [2.45, 2.75) is 33.1 Å². The van der Waals surface area contributed by atoms with E-state index in [4.69, 9.17) is 0 Å². The van der Waals surface area contributed by atoms with Crippen molar-refractivity contribution in [1.82, 2.24) is 14.8 Å². The minimum Gasteiger partial charge on any atom is -0.406 e. The summed E-state index contributed by atoms with van der Waals surface area (Å²) < 4.78 is 57.3. The number of amidine groups is 1. The van der Waals surface area contributed by atoms with Gasteiger partial charge in [-0.1, -0.05) is 49.4 Å². The van der Waals surface area contributed by atoms with Crippen LogP contribution in [0.5, 0.6) is 5.75 Å². The first kappa shape index (κ1) is 31.4. The van der Waals surface area contributed by atoms with Crippen molar-refractivity contribution >= 4 is 52.4 Å². The van der Waals surface area contributed by atoms with Gasteiger partial charge in [0.15, 0.2) is 11.0 Å². The highest BCUT2D eigenvalue weighted by Gasteiger charge is 2.32. The maximum absolute atomic E-state index is 14.9. The van der Waals surface area contributed by atoms with Crippen molar-refractivity contribution in [1.29, 1.82) is 0 Å². The minimum absolute atomic E-state index is 0.0926. The molecule has 4 aromatic rings. The number of amides is 3. The summed E-state index contributed by atoms with van der Waals surface area (Å²) in [6.45, 7) is 3.96. The van der Waals surface area contributed by atoms with Gasteiger partial charge in [-0.25, -0.2) is 18.9 Å². The lowest BCUT2D eigenvalue weighted by molar-refractivity contribution is -0.274. The number of benzene rings is 3. The fourth-order valence-corrected chi connectivity index (χ4v) is 5.32. The number of nitrogens with zero attached hydrogens (tertiary/aromatic N) is 5. The number of alkyl halides is 3. The molecule has 1 aliphatic heterocycles. The lowest BCUT2D eigenvalue weighted by Gasteiger charge is -2.20. The molecule has 1 saturated heterocycles. The van der Waals surface area contributed by atoms with E-state index in [1.54, 1.807) is 12.1 Å². The molecule has 3 aromatic carbocycles. The van der Waals surface area contributed by atoms with Crippen LogP contribution in [0.4, 0.5) is 33.7 Å². The third-order valence-corrected chi connectivity index (χ3v) is 7.39. The van der Waals surface area contributed by atoms with Crippen molar-refractivity contribution in [3.05, 3.63) is 95.3 Å². The number of aliphatic imine (C=N–C) groups is 1. The van der Waals surface area contributed by atoms with Gasteiger partial charge in [-0.3, -0.25) is 9.69 Å². The molecule has 1 aromatic heterocycles. The molecule has 0 aliphatic carbocycles. The topological polar surface area (TPSA) is 102 Å². The van der Waals surface area contributed by atoms with Crippen LogP contribution in [0.3, 0.4) is 0 Å². The zero-order valence-electron chi connectivity index (χ0n) is 24.0. The number of aryl methyl sites for hydroxylation is 2. The Bertz CT molecular complexity index is 1790. The zero-order valence-corrected chi connectivity index (χ0v) is 24.8. The van der Waals surface area contributed by atoms with Crippen LogP contribution in [0.1, 0.15) is 35.9 Å². The molecule has 9 nitrogen and oxygen atoms in total. The number of rotatable bonds is 8. The number of carbonyl (C=O) groups is 2. The molecule has 0 saturated carbocycles. The molecule has 0 bridgehead atoms. The number of hydrogen-bond donors (Lipinski definition) is 1. The number of urea groups is 1. The summed E-state index contributed by atoms with van der Waals surface area (Å²) in [6, 6.07) is 14.3. The number of halogens is 4. The molecule has 0 atom stereocenters. The molecule has 5 rings (SSSR count). The first-order valence-electron chi connectivity index (χ1n) is 13.7. The van der Waals surface area contributed by atoms with E-state index >= 15 is 0 Å². The van der Waals surface area contributed by atoms with Crippen LogP contribution in [0.25, 0.3) is 17.8 Å². The molecule has 0 spiro atoms. The van der Waals surface area contributed by atoms with Crippen LogP contribution in [0.15, 0.2) is 72.0 Å². The molecule has 1 fully saturated rings. The first-order chi connectivity index (χ1) is 21.5. The molecular weight excluding hydrogens is 612 g/mol. The third kappa shape index (κ3) is 7.95. The van der Waals surface area contributed by atoms with Gasteiger partial charge in [-0.05, 0) is 78.6 Å². The SMILES string of the molecule is CCCc1ccc(C)cc1N1C(=O)CSC1=NC(=O)Nc1ccc(/C=C/c2ncn(-c3ccc(OC(F)(F)F)cc3)n2)cc1F. The van der Waals surface area contributed by atoms with Gasteiger partial charge in [-0.15, -0.1) is 18.3 Å². The highest BCUT2D eigenvalue weighted by atomic mass is 32.2. The molecule has 0 unspecified atom stereocenters. The molecule has 2 heterocycles. The molecular formula is C31H26F4N6O3S. The van der Waals surface area contributed by atoms with E-state index in [1.807, 2.05) is 32.0 Å². The van der Waals surface area contributed by atoms with Crippen molar-refractivity contribution in [3.63, 3.8) is 0 Å². The summed E-state index contributed by atoms with van der Waals surface area (Å²) in [5, 5.41) is 6.90. The Labute approximate surface area is 259 Å². The molecule has 14 heteroatoms. The average molecular weight is 639 g/mol. The van der Waals surface area contributed by atoms with E-state index < -0.39 is 18.2 Å². The predicted molar refractivity (Wildman–Crippen MR) is 165 cm³/mol. The van der Waals surface area contributed by atoms with Gasteiger partial charge in [0, 0.05) is 0 Å². The Morgan fingerprint density at radius 3 is 2.60 bits per heavy atom. The van der Waals surface area contributed by atoms with Crippen LogP contribution in [-0.2, 0) is 11.2 Å². The lowest BCUT2D eigenvalue weighted by Crippen LogP contribution is -2.31. The summed E-state index contributed by atoms with van der Waals surface area (Å²) in [5.41, 5.74) is 3.44. The van der Waals surface area contributed by atoms with Crippen LogP contribution in [0.2, 0.25) is 0 Å². The molecule has 232 valence electrons. The number of thioether (sulfide) groups is 1. The summed E-state index contributed by atoms with van der Waals surface area (Å²) in [6.07, 6.45) is 1.31. The second-order valence-electron chi connectivity index (χ2n) is 9.89. The van der Waals surface area contributed by atoms with Crippen molar-refractivity contribution in [2.75, 3.05) is 16.0 Å². The first-order valence-corrected chi connectivity index (χ1v) is 14.7. The van der Waals surface area contributed by atoms with Crippen LogP contribution < -0.4 is 15.0 Å². The summed E-state index contributed by atoms with van der Waals surface area (Å²) in [7, 11) is 0. The molecule has 45 heavy (non-hydrogen) atoms. The number of hydrogen-bond acceptors (Lipinski definition) is 6. The average Bonchev–Trinajstić information content (AvgIpc) is 3.60. The Morgan fingerprint density at radius 1 is 1.11 bits per heavy atom. The zero-order chi connectivity index (χ0) is 32.1. The van der Waals surface area contributed by atoms with E-state index in [-0.39, 0.29) is 34.1 Å².